The first-order chi connectivity index (χ1) is 23.9. The molecular weight excluding hydrogens is 690 g/mol. The Morgan fingerprint density at radius 1 is 1.12 bits per heavy atom. The van der Waals surface area contributed by atoms with Crippen LogP contribution in [-0.2, 0) is 28.9 Å². The predicted octanol–water partition coefficient (Wildman–Crippen LogP) is 10.6. The number of alkyl halides is 3. The second kappa shape index (κ2) is 18.3. The van der Waals surface area contributed by atoms with Crippen LogP contribution in [0.1, 0.15) is 54.4 Å². The van der Waals surface area contributed by atoms with Gasteiger partial charge in [0, 0.05) is 47.7 Å². The van der Waals surface area contributed by atoms with Gasteiger partial charge < -0.3 is 14.6 Å². The quantitative estimate of drug-likeness (QED) is 0.0396. The maximum atomic E-state index is 15.2. The molecule has 0 aromatic heterocycles. The highest BCUT2D eigenvalue weighted by Crippen LogP contribution is 2.38. The summed E-state index contributed by atoms with van der Waals surface area (Å²) >= 11 is 7.64. The second-order valence-corrected chi connectivity index (χ2v) is 13.1. The molecule has 0 aliphatic heterocycles. The van der Waals surface area contributed by atoms with Gasteiger partial charge in [-0.1, -0.05) is 78.9 Å². The van der Waals surface area contributed by atoms with Gasteiger partial charge in [0.2, 0.25) is 0 Å². The van der Waals surface area contributed by atoms with Crippen molar-refractivity contribution in [3.8, 4) is 5.75 Å². The van der Waals surface area contributed by atoms with Gasteiger partial charge in [0.15, 0.2) is 0 Å². The minimum Gasteiger partial charge on any atom is -0.509 e. The summed E-state index contributed by atoms with van der Waals surface area (Å²) < 4.78 is 67.6. The smallest absolute Gasteiger partial charge is 0.417 e. The molecule has 50 heavy (non-hydrogen) atoms. The maximum absolute atomic E-state index is 15.2. The van der Waals surface area contributed by atoms with Crippen molar-refractivity contribution in [1.29, 1.82) is 0 Å². The number of hydrogen-bond acceptors (Lipinski definition) is 6. The monoisotopic (exact) mass is 729 g/mol. The Balaban J connectivity index is 1.54. The topological polar surface area (TPSA) is 59.0 Å². The summed E-state index contributed by atoms with van der Waals surface area (Å²) in [6, 6.07) is 16.7. The van der Waals surface area contributed by atoms with Gasteiger partial charge in [0.05, 0.1) is 17.2 Å². The van der Waals surface area contributed by atoms with Crippen LogP contribution >= 0.6 is 23.4 Å². The number of carbonyl (C=O) groups is 1. The largest absolute Gasteiger partial charge is 0.509 e. The fraction of sp³-hybridized carbons (Fsp3) is 0.308. The number of hydrogen-bond donors (Lipinski definition) is 1. The Labute approximate surface area is 299 Å². The van der Waals surface area contributed by atoms with Crippen LogP contribution in [0.5, 0.6) is 5.75 Å². The normalized spacial score (nSPS) is 14.4. The van der Waals surface area contributed by atoms with E-state index in [0.717, 1.165) is 42.2 Å². The second-order valence-electron chi connectivity index (χ2n) is 11.9. The lowest BCUT2D eigenvalue weighted by molar-refractivity contribution is -0.139. The van der Waals surface area contributed by atoms with Gasteiger partial charge in [-0.15, -0.1) is 11.8 Å². The molecule has 1 unspecified atom stereocenters. The molecule has 3 aromatic carbocycles. The molecule has 0 saturated heterocycles. The summed E-state index contributed by atoms with van der Waals surface area (Å²) in [5.41, 5.74) is 1.92. The molecule has 1 aliphatic rings. The molecule has 0 amide bonds. The van der Waals surface area contributed by atoms with E-state index in [-0.39, 0.29) is 53.8 Å². The molecule has 11 heteroatoms. The zero-order chi connectivity index (χ0) is 36.3. The first-order valence-corrected chi connectivity index (χ1v) is 17.7. The number of allylic oxidation sites excluding steroid dienone is 4. The van der Waals surface area contributed by atoms with Crippen LogP contribution in [0.2, 0.25) is 5.02 Å². The number of esters is 1. The molecule has 0 radical (unpaired) electrons. The highest BCUT2D eigenvalue weighted by Gasteiger charge is 2.34. The average Bonchev–Trinajstić information content (AvgIpc) is 3.09. The SMILES string of the molecule is C=C(O)/C=C/C(=O)OCc1c(F)cc(OCC[C@@H](C)N(Cc2cccc(C(F)(F)F)c2Cl)CC(C2=CCCC=C2)c2ccccc2)cc1SC. The number of benzene rings is 3. The third-order valence-corrected chi connectivity index (χ3v) is 9.60. The van der Waals surface area contributed by atoms with Crippen LogP contribution in [0.3, 0.4) is 0 Å². The Kier molecular flexibility index (Phi) is 14.2. The Morgan fingerprint density at radius 2 is 1.88 bits per heavy atom. The van der Waals surface area contributed by atoms with Crippen LogP contribution in [0.15, 0.2) is 114 Å². The Bertz CT molecular complexity index is 1720. The fourth-order valence-electron chi connectivity index (χ4n) is 5.63. The van der Waals surface area contributed by atoms with Gasteiger partial charge in [-0.25, -0.2) is 9.18 Å². The number of rotatable bonds is 16. The van der Waals surface area contributed by atoms with E-state index in [9.17, 15) is 18.0 Å². The molecule has 0 fully saturated rings. The summed E-state index contributed by atoms with van der Waals surface area (Å²) in [5.74, 6) is -1.44. The van der Waals surface area contributed by atoms with Crippen molar-refractivity contribution in [2.24, 2.45) is 0 Å². The zero-order valence-corrected chi connectivity index (χ0v) is 29.5. The van der Waals surface area contributed by atoms with Crippen molar-refractivity contribution in [3.05, 3.63) is 142 Å². The van der Waals surface area contributed by atoms with E-state index in [4.69, 9.17) is 26.2 Å². The van der Waals surface area contributed by atoms with Crippen LogP contribution in [0, 0.1) is 5.82 Å². The minimum atomic E-state index is -4.59. The highest BCUT2D eigenvalue weighted by atomic mass is 35.5. The molecule has 1 N–H and O–H groups in total. The lowest BCUT2D eigenvalue weighted by atomic mass is 9.87. The van der Waals surface area contributed by atoms with E-state index in [1.165, 1.54) is 23.9 Å². The molecule has 0 spiro atoms. The van der Waals surface area contributed by atoms with E-state index in [1.54, 1.807) is 18.4 Å². The van der Waals surface area contributed by atoms with Crippen molar-refractivity contribution in [3.63, 3.8) is 0 Å². The molecule has 3 aromatic rings. The van der Waals surface area contributed by atoms with Gasteiger partial charge in [0.1, 0.15) is 23.9 Å². The molecule has 2 atom stereocenters. The molecule has 0 saturated carbocycles. The van der Waals surface area contributed by atoms with Gasteiger partial charge >= 0.3 is 12.1 Å². The van der Waals surface area contributed by atoms with Crippen LogP contribution in [-0.4, -0.2) is 41.4 Å². The maximum Gasteiger partial charge on any atom is 0.417 e. The average molecular weight is 730 g/mol. The van der Waals surface area contributed by atoms with E-state index >= 15 is 4.39 Å². The molecule has 4 rings (SSSR count). The van der Waals surface area contributed by atoms with Gasteiger partial charge in [-0.3, -0.25) is 4.90 Å². The molecule has 5 nitrogen and oxygen atoms in total. The van der Waals surface area contributed by atoms with E-state index in [2.05, 4.69) is 41.8 Å². The van der Waals surface area contributed by atoms with E-state index in [1.807, 2.05) is 25.1 Å². The first-order valence-electron chi connectivity index (χ1n) is 16.1. The molecular formula is C39H40ClF4NO4S. The van der Waals surface area contributed by atoms with Crippen molar-refractivity contribution in [2.45, 2.75) is 62.4 Å². The molecule has 0 heterocycles. The van der Waals surface area contributed by atoms with Crippen molar-refractivity contribution in [1.82, 2.24) is 4.90 Å². The van der Waals surface area contributed by atoms with E-state index < -0.39 is 23.5 Å². The van der Waals surface area contributed by atoms with E-state index in [0.29, 0.717) is 23.4 Å². The Morgan fingerprint density at radius 3 is 2.54 bits per heavy atom. The zero-order valence-electron chi connectivity index (χ0n) is 27.9. The van der Waals surface area contributed by atoms with Crippen molar-refractivity contribution < 1.29 is 36.9 Å². The van der Waals surface area contributed by atoms with Crippen LogP contribution in [0.25, 0.3) is 0 Å². The summed E-state index contributed by atoms with van der Waals surface area (Å²) in [6.07, 6.45) is 8.05. The molecule has 1 aliphatic carbocycles. The third kappa shape index (κ3) is 11.0. The molecule has 0 bridgehead atoms. The van der Waals surface area contributed by atoms with Gasteiger partial charge in [0.25, 0.3) is 0 Å². The lowest BCUT2D eigenvalue weighted by Gasteiger charge is -2.34. The standard InChI is InChI=1S/C39H40ClF4NO4S/c1-26(19-20-48-31-21-35(41)33(36(22-31)50-3)25-49-37(47)18-17-27(2)46)45(23-30-15-10-16-34(38(30)40)39(42,43)44)24-32(28-11-6-4-7-12-28)29-13-8-5-9-14-29/h4,6-8,10-18,21-22,26,32,46H,2,5,9,19-20,23-25H2,1,3H3/b18-17+/t26-,32?/m1/s1. The summed E-state index contributed by atoms with van der Waals surface area (Å²) in [6.45, 7) is 5.80. The first kappa shape index (κ1) is 38.8. The number of carbonyl (C=O) groups excluding carboxylic acids is 1. The number of thioether (sulfide) groups is 1. The molecule has 266 valence electrons. The third-order valence-electron chi connectivity index (χ3n) is 8.35. The summed E-state index contributed by atoms with van der Waals surface area (Å²) in [7, 11) is 0. The highest BCUT2D eigenvalue weighted by molar-refractivity contribution is 7.98. The fourth-order valence-corrected chi connectivity index (χ4v) is 6.56. The number of halogens is 5. The van der Waals surface area contributed by atoms with Crippen molar-refractivity contribution in [2.75, 3.05) is 19.4 Å². The number of aliphatic hydroxyl groups is 1. The lowest BCUT2D eigenvalue weighted by Crippen LogP contribution is -2.37. The van der Waals surface area contributed by atoms with Gasteiger partial charge in [-0.05, 0) is 67.4 Å². The number of ether oxygens (including phenoxy) is 2. The number of aliphatic hydroxyl groups excluding tert-OH is 1. The summed E-state index contributed by atoms with van der Waals surface area (Å²) in [4.78, 5) is 14.6. The Hall–Kier alpha value is -3.99. The van der Waals surface area contributed by atoms with Gasteiger partial charge in [-0.2, -0.15) is 13.2 Å². The minimum absolute atomic E-state index is 0.0430. The predicted molar refractivity (Wildman–Crippen MR) is 191 cm³/mol. The summed E-state index contributed by atoms with van der Waals surface area (Å²) in [5, 5.41) is 8.80. The van der Waals surface area contributed by atoms with Crippen LogP contribution < -0.4 is 4.74 Å². The van der Waals surface area contributed by atoms with Crippen molar-refractivity contribution >= 4 is 29.3 Å². The number of nitrogens with zero attached hydrogens (tertiary/aromatic N) is 1. The van der Waals surface area contributed by atoms with Crippen LogP contribution in [0.4, 0.5) is 17.6 Å².